The molecule has 0 heterocycles. The lowest BCUT2D eigenvalue weighted by Gasteiger charge is -2.19. The first kappa shape index (κ1) is 12.5. The summed E-state index contributed by atoms with van der Waals surface area (Å²) in [6, 6.07) is -0.364. The smallest absolute Gasteiger partial charge is 0.239 e. The second kappa shape index (κ2) is 6.97. The fraction of sp³-hybridized carbons (Fsp3) is 0.667. The van der Waals surface area contributed by atoms with Gasteiger partial charge in [0.25, 0.3) is 0 Å². The number of carbonyl (C=O) groups excluding carboxylic acids is 1. The van der Waals surface area contributed by atoms with E-state index in [4.69, 9.17) is 5.73 Å². The fourth-order valence-electron chi connectivity index (χ4n) is 0.935. The first-order valence-corrected chi connectivity index (χ1v) is 5.63. The van der Waals surface area contributed by atoms with Crippen LogP contribution in [-0.2, 0) is 4.79 Å². The molecule has 0 fully saturated rings. The van der Waals surface area contributed by atoms with Gasteiger partial charge in [-0.15, -0.1) is 6.58 Å². The SMILES string of the molecule is C=CCN(C)C(=O)[C@@H](N)CCSC. The van der Waals surface area contributed by atoms with Gasteiger partial charge in [-0.05, 0) is 18.4 Å². The van der Waals surface area contributed by atoms with Gasteiger partial charge < -0.3 is 10.6 Å². The van der Waals surface area contributed by atoms with Crippen LogP contribution in [0.2, 0.25) is 0 Å². The Morgan fingerprint density at radius 1 is 1.77 bits per heavy atom. The zero-order chi connectivity index (χ0) is 10.3. The summed E-state index contributed by atoms with van der Waals surface area (Å²) in [5, 5.41) is 0. The molecule has 13 heavy (non-hydrogen) atoms. The maximum Gasteiger partial charge on any atom is 0.239 e. The van der Waals surface area contributed by atoms with Crippen molar-refractivity contribution in [2.24, 2.45) is 5.73 Å². The number of nitrogens with zero attached hydrogens (tertiary/aromatic N) is 1. The maximum atomic E-state index is 11.5. The number of likely N-dealkylation sites (N-methyl/N-ethyl adjacent to an activating group) is 1. The van der Waals surface area contributed by atoms with Gasteiger partial charge in [-0.3, -0.25) is 4.79 Å². The molecule has 0 rings (SSSR count). The maximum absolute atomic E-state index is 11.5. The predicted octanol–water partition coefficient (Wildman–Crippen LogP) is 0.711. The minimum Gasteiger partial charge on any atom is -0.341 e. The summed E-state index contributed by atoms with van der Waals surface area (Å²) in [6.45, 7) is 4.13. The number of thioether (sulfide) groups is 1. The van der Waals surface area contributed by atoms with Gasteiger partial charge in [-0.25, -0.2) is 0 Å². The molecule has 0 aromatic carbocycles. The molecule has 0 aromatic heterocycles. The molecule has 0 aliphatic carbocycles. The molecule has 0 aliphatic heterocycles. The van der Waals surface area contributed by atoms with E-state index in [1.807, 2.05) is 6.26 Å². The van der Waals surface area contributed by atoms with Crippen LogP contribution in [0.1, 0.15) is 6.42 Å². The number of hydrogen-bond donors (Lipinski definition) is 1. The minimum atomic E-state index is -0.364. The highest BCUT2D eigenvalue weighted by Crippen LogP contribution is 2.01. The lowest BCUT2D eigenvalue weighted by Crippen LogP contribution is -2.42. The summed E-state index contributed by atoms with van der Waals surface area (Å²) in [4.78, 5) is 13.1. The molecule has 0 radical (unpaired) electrons. The third-order valence-electron chi connectivity index (χ3n) is 1.73. The minimum absolute atomic E-state index is 0.00560. The van der Waals surface area contributed by atoms with Crippen molar-refractivity contribution < 1.29 is 4.79 Å². The Balaban J connectivity index is 3.86. The highest BCUT2D eigenvalue weighted by Gasteiger charge is 2.15. The highest BCUT2D eigenvalue weighted by molar-refractivity contribution is 7.98. The topological polar surface area (TPSA) is 46.3 Å². The number of carbonyl (C=O) groups is 1. The van der Waals surface area contributed by atoms with Crippen molar-refractivity contribution in [2.45, 2.75) is 12.5 Å². The summed E-state index contributed by atoms with van der Waals surface area (Å²) in [5.41, 5.74) is 5.70. The molecular formula is C9H18N2OS. The van der Waals surface area contributed by atoms with Gasteiger partial charge in [0.1, 0.15) is 0 Å². The molecular weight excluding hydrogens is 184 g/mol. The molecule has 0 saturated carbocycles. The van der Waals surface area contributed by atoms with Crippen molar-refractivity contribution in [1.29, 1.82) is 0 Å². The zero-order valence-corrected chi connectivity index (χ0v) is 9.14. The van der Waals surface area contributed by atoms with Crippen LogP contribution in [0.3, 0.4) is 0 Å². The Hall–Kier alpha value is -0.480. The molecule has 1 atom stereocenters. The quantitative estimate of drug-likeness (QED) is 0.645. The molecule has 0 aromatic rings. The molecule has 0 aliphatic rings. The van der Waals surface area contributed by atoms with Crippen LogP contribution in [0.4, 0.5) is 0 Å². The van der Waals surface area contributed by atoms with E-state index in [1.54, 1.807) is 29.8 Å². The number of rotatable bonds is 6. The summed E-state index contributed by atoms with van der Waals surface area (Å²) < 4.78 is 0. The van der Waals surface area contributed by atoms with Gasteiger partial charge in [0.05, 0.1) is 6.04 Å². The standard InChI is InChI=1S/C9H18N2OS/c1-4-6-11(2)9(12)8(10)5-7-13-3/h4,8H,1,5-7,10H2,2-3H3/t8-/m0/s1. The molecule has 0 bridgehead atoms. The van der Waals surface area contributed by atoms with Crippen LogP contribution in [0.5, 0.6) is 0 Å². The Morgan fingerprint density at radius 3 is 2.85 bits per heavy atom. The monoisotopic (exact) mass is 202 g/mol. The van der Waals surface area contributed by atoms with Crippen molar-refractivity contribution in [3.8, 4) is 0 Å². The van der Waals surface area contributed by atoms with E-state index in [0.29, 0.717) is 6.54 Å². The average Bonchev–Trinajstić information content (AvgIpc) is 2.13. The fourth-order valence-corrected chi connectivity index (χ4v) is 1.42. The van der Waals surface area contributed by atoms with Crippen LogP contribution >= 0.6 is 11.8 Å². The molecule has 3 nitrogen and oxygen atoms in total. The summed E-state index contributed by atoms with van der Waals surface area (Å²) >= 11 is 1.70. The molecule has 4 heteroatoms. The van der Waals surface area contributed by atoms with E-state index in [0.717, 1.165) is 12.2 Å². The third kappa shape index (κ3) is 4.95. The second-order valence-electron chi connectivity index (χ2n) is 2.90. The normalized spacial score (nSPS) is 12.2. The first-order chi connectivity index (χ1) is 6.13. The largest absolute Gasteiger partial charge is 0.341 e. The Kier molecular flexibility index (Phi) is 6.72. The highest BCUT2D eigenvalue weighted by atomic mass is 32.2. The Bertz CT molecular complexity index is 173. The summed E-state index contributed by atoms with van der Waals surface area (Å²) in [5.74, 6) is 0.920. The lowest BCUT2D eigenvalue weighted by atomic mass is 10.2. The van der Waals surface area contributed by atoms with E-state index in [2.05, 4.69) is 6.58 Å². The van der Waals surface area contributed by atoms with E-state index in [1.165, 1.54) is 0 Å². The molecule has 0 saturated heterocycles. The van der Waals surface area contributed by atoms with E-state index >= 15 is 0 Å². The summed E-state index contributed by atoms with van der Waals surface area (Å²) in [7, 11) is 1.74. The Morgan fingerprint density at radius 2 is 2.38 bits per heavy atom. The Labute approximate surface area is 84.4 Å². The van der Waals surface area contributed by atoms with Crippen molar-refractivity contribution >= 4 is 17.7 Å². The molecule has 0 spiro atoms. The van der Waals surface area contributed by atoms with Crippen molar-refractivity contribution in [2.75, 3.05) is 25.6 Å². The van der Waals surface area contributed by atoms with Crippen LogP contribution in [-0.4, -0.2) is 42.4 Å². The van der Waals surface area contributed by atoms with Crippen molar-refractivity contribution in [1.82, 2.24) is 4.90 Å². The molecule has 0 unspecified atom stereocenters. The third-order valence-corrected chi connectivity index (χ3v) is 2.37. The van der Waals surface area contributed by atoms with E-state index < -0.39 is 0 Å². The average molecular weight is 202 g/mol. The molecule has 76 valence electrons. The number of amides is 1. The lowest BCUT2D eigenvalue weighted by molar-refractivity contribution is -0.130. The second-order valence-corrected chi connectivity index (χ2v) is 3.88. The zero-order valence-electron chi connectivity index (χ0n) is 8.32. The molecule has 1 amide bonds. The van der Waals surface area contributed by atoms with Crippen LogP contribution in [0, 0.1) is 0 Å². The van der Waals surface area contributed by atoms with Crippen molar-refractivity contribution in [3.05, 3.63) is 12.7 Å². The van der Waals surface area contributed by atoms with Crippen LogP contribution in [0.15, 0.2) is 12.7 Å². The van der Waals surface area contributed by atoms with Gasteiger partial charge in [0, 0.05) is 13.6 Å². The van der Waals surface area contributed by atoms with Gasteiger partial charge in [0.15, 0.2) is 0 Å². The number of nitrogens with two attached hydrogens (primary N) is 1. The molecule has 2 N–H and O–H groups in total. The van der Waals surface area contributed by atoms with Crippen molar-refractivity contribution in [3.63, 3.8) is 0 Å². The van der Waals surface area contributed by atoms with Gasteiger partial charge >= 0.3 is 0 Å². The first-order valence-electron chi connectivity index (χ1n) is 4.23. The van der Waals surface area contributed by atoms with E-state index in [-0.39, 0.29) is 11.9 Å². The van der Waals surface area contributed by atoms with E-state index in [9.17, 15) is 4.79 Å². The van der Waals surface area contributed by atoms with Crippen LogP contribution in [0.25, 0.3) is 0 Å². The van der Waals surface area contributed by atoms with Gasteiger partial charge in [-0.1, -0.05) is 6.08 Å². The van der Waals surface area contributed by atoms with Crippen LogP contribution < -0.4 is 5.73 Å². The van der Waals surface area contributed by atoms with Gasteiger partial charge in [-0.2, -0.15) is 11.8 Å². The number of hydrogen-bond acceptors (Lipinski definition) is 3. The van der Waals surface area contributed by atoms with Gasteiger partial charge in [0.2, 0.25) is 5.91 Å². The summed E-state index contributed by atoms with van der Waals surface area (Å²) in [6.07, 6.45) is 4.44. The predicted molar refractivity (Wildman–Crippen MR) is 58.8 cm³/mol.